The third kappa shape index (κ3) is 4.18. The lowest BCUT2D eigenvalue weighted by atomic mass is 10.0. The lowest BCUT2D eigenvalue weighted by molar-refractivity contribution is 0.103. The van der Waals surface area contributed by atoms with Gasteiger partial charge in [-0.3, -0.25) is 9.52 Å². The molecule has 0 amide bonds. The fraction of sp³-hybridized carbons (Fsp3) is 0. The maximum absolute atomic E-state index is 15.3. The first kappa shape index (κ1) is 23.2. The van der Waals surface area contributed by atoms with Crippen LogP contribution in [0.5, 0.6) is 0 Å². The van der Waals surface area contributed by atoms with Crippen LogP contribution in [0.4, 0.5) is 18.9 Å². The minimum absolute atomic E-state index is 0.0841. The Morgan fingerprint density at radius 2 is 1.72 bits per heavy atom. The molecule has 0 aliphatic carbocycles. The van der Waals surface area contributed by atoms with Gasteiger partial charge in [0.1, 0.15) is 23.6 Å². The highest BCUT2D eigenvalue weighted by molar-refractivity contribution is 7.92. The number of H-pyrrole nitrogens is 1. The van der Waals surface area contributed by atoms with Gasteiger partial charge in [0.15, 0.2) is 5.82 Å². The summed E-state index contributed by atoms with van der Waals surface area (Å²) in [7, 11) is -4.43. The van der Waals surface area contributed by atoms with Crippen molar-refractivity contribution in [1.82, 2.24) is 19.9 Å². The molecule has 0 unspecified atom stereocenters. The van der Waals surface area contributed by atoms with E-state index in [0.717, 1.165) is 30.3 Å². The molecule has 36 heavy (non-hydrogen) atoms. The zero-order valence-electron chi connectivity index (χ0n) is 18.0. The standard InChI is InChI=1S/C24H14F3N5O3S/c25-15-2-1-3-16(7-15)36(34,35)32-20-5-4-19(26)21(22(20)27)23(33)18-11-31-24-17(18)6-13(10-30-24)14-8-28-12-29-9-14/h1-12,32H,(H,30,31). The van der Waals surface area contributed by atoms with Gasteiger partial charge in [0.2, 0.25) is 5.78 Å². The summed E-state index contributed by atoms with van der Waals surface area (Å²) in [5.41, 5.74) is -0.262. The van der Waals surface area contributed by atoms with Gasteiger partial charge in [0.05, 0.1) is 16.1 Å². The van der Waals surface area contributed by atoms with Gasteiger partial charge in [-0.25, -0.2) is 36.5 Å². The minimum Gasteiger partial charge on any atom is -0.345 e. The highest BCUT2D eigenvalue weighted by atomic mass is 32.2. The zero-order chi connectivity index (χ0) is 25.4. The van der Waals surface area contributed by atoms with Crippen LogP contribution in [0.15, 0.2) is 78.5 Å². The molecule has 0 bridgehead atoms. The second-order valence-corrected chi connectivity index (χ2v) is 9.31. The Morgan fingerprint density at radius 3 is 2.47 bits per heavy atom. The quantitative estimate of drug-likeness (QED) is 0.326. The Morgan fingerprint density at radius 1 is 0.944 bits per heavy atom. The predicted octanol–water partition coefficient (Wildman–Crippen LogP) is 4.47. The van der Waals surface area contributed by atoms with Crippen LogP contribution >= 0.6 is 0 Å². The Kier molecular flexibility index (Phi) is 5.72. The van der Waals surface area contributed by atoms with E-state index in [4.69, 9.17) is 0 Å². The van der Waals surface area contributed by atoms with Crippen LogP contribution < -0.4 is 4.72 Å². The third-order valence-electron chi connectivity index (χ3n) is 5.34. The van der Waals surface area contributed by atoms with Gasteiger partial charge in [-0.15, -0.1) is 0 Å². The van der Waals surface area contributed by atoms with Gasteiger partial charge in [0, 0.05) is 46.9 Å². The largest absolute Gasteiger partial charge is 0.345 e. The van der Waals surface area contributed by atoms with E-state index in [-0.39, 0.29) is 10.9 Å². The van der Waals surface area contributed by atoms with Crippen LogP contribution in [0.3, 0.4) is 0 Å². The Balaban J connectivity index is 1.55. The van der Waals surface area contributed by atoms with E-state index < -0.39 is 49.4 Å². The number of aromatic amines is 1. The molecule has 8 nitrogen and oxygen atoms in total. The maximum Gasteiger partial charge on any atom is 0.262 e. The van der Waals surface area contributed by atoms with Gasteiger partial charge in [-0.2, -0.15) is 0 Å². The molecule has 12 heteroatoms. The number of benzene rings is 2. The van der Waals surface area contributed by atoms with E-state index in [9.17, 15) is 22.0 Å². The van der Waals surface area contributed by atoms with Crippen molar-refractivity contribution in [2.75, 3.05) is 4.72 Å². The number of nitrogens with zero attached hydrogens (tertiary/aromatic N) is 3. The average molecular weight is 509 g/mol. The molecule has 0 saturated heterocycles. The Bertz CT molecular complexity index is 1740. The first-order chi connectivity index (χ1) is 17.2. The van der Waals surface area contributed by atoms with Crippen molar-refractivity contribution in [1.29, 1.82) is 0 Å². The van der Waals surface area contributed by atoms with Crippen LogP contribution in [0.1, 0.15) is 15.9 Å². The molecule has 0 radical (unpaired) electrons. The lowest BCUT2D eigenvalue weighted by Gasteiger charge is -2.12. The highest BCUT2D eigenvalue weighted by Crippen LogP contribution is 2.30. The van der Waals surface area contributed by atoms with Crippen LogP contribution in [0, 0.1) is 17.5 Å². The molecular formula is C24H14F3N5O3S. The number of rotatable bonds is 6. The lowest BCUT2D eigenvalue weighted by Crippen LogP contribution is -2.16. The molecule has 0 saturated carbocycles. The number of nitrogens with one attached hydrogen (secondary N) is 2. The second kappa shape index (κ2) is 8.89. The number of fused-ring (bicyclic) bond motifs is 1. The zero-order valence-corrected chi connectivity index (χ0v) is 18.9. The summed E-state index contributed by atoms with van der Waals surface area (Å²) in [6, 6.07) is 7.25. The molecule has 2 N–H and O–H groups in total. The number of carbonyl (C=O) groups excluding carboxylic acids is 1. The van der Waals surface area contributed by atoms with E-state index >= 15 is 4.39 Å². The highest BCUT2D eigenvalue weighted by Gasteiger charge is 2.26. The summed E-state index contributed by atoms with van der Waals surface area (Å²) in [4.78, 5) is 27.7. The summed E-state index contributed by atoms with van der Waals surface area (Å²) < 4.78 is 70.7. The third-order valence-corrected chi connectivity index (χ3v) is 6.70. The number of anilines is 1. The minimum atomic E-state index is -4.43. The molecule has 0 fully saturated rings. The molecule has 0 atom stereocenters. The molecule has 5 rings (SSSR count). The van der Waals surface area contributed by atoms with Crippen molar-refractivity contribution < 1.29 is 26.4 Å². The molecule has 0 aliphatic rings. The van der Waals surface area contributed by atoms with Gasteiger partial charge in [-0.1, -0.05) is 6.07 Å². The number of aromatic nitrogens is 4. The van der Waals surface area contributed by atoms with Crippen LogP contribution in [0.25, 0.3) is 22.2 Å². The van der Waals surface area contributed by atoms with E-state index in [0.29, 0.717) is 16.8 Å². The maximum atomic E-state index is 15.3. The molecule has 180 valence electrons. The van der Waals surface area contributed by atoms with E-state index in [1.54, 1.807) is 6.07 Å². The van der Waals surface area contributed by atoms with E-state index in [1.807, 2.05) is 4.72 Å². The average Bonchev–Trinajstić information content (AvgIpc) is 3.30. The van der Waals surface area contributed by atoms with Gasteiger partial charge in [0.25, 0.3) is 10.0 Å². The monoisotopic (exact) mass is 509 g/mol. The van der Waals surface area contributed by atoms with Crippen molar-refractivity contribution >= 4 is 32.5 Å². The molecule has 5 aromatic rings. The number of hydrogen-bond acceptors (Lipinski definition) is 6. The van der Waals surface area contributed by atoms with Gasteiger partial charge >= 0.3 is 0 Å². The summed E-state index contributed by atoms with van der Waals surface area (Å²) in [6.07, 6.45) is 7.21. The Hall–Kier alpha value is -4.58. The molecule has 0 spiro atoms. The number of hydrogen-bond donors (Lipinski definition) is 2. The van der Waals surface area contributed by atoms with Crippen LogP contribution in [-0.2, 0) is 10.0 Å². The van der Waals surface area contributed by atoms with Gasteiger partial charge in [-0.05, 0) is 36.4 Å². The van der Waals surface area contributed by atoms with E-state index in [1.165, 1.54) is 37.2 Å². The summed E-state index contributed by atoms with van der Waals surface area (Å²) in [5.74, 6) is -4.47. The molecule has 0 aliphatic heterocycles. The smallest absolute Gasteiger partial charge is 0.262 e. The van der Waals surface area contributed by atoms with Crippen molar-refractivity contribution in [3.8, 4) is 11.1 Å². The van der Waals surface area contributed by atoms with Crippen LogP contribution in [0.2, 0.25) is 0 Å². The summed E-state index contributed by atoms with van der Waals surface area (Å²) in [5, 5.41) is 0.283. The number of carbonyl (C=O) groups is 1. The van der Waals surface area contributed by atoms with Crippen molar-refractivity contribution in [2.45, 2.75) is 4.90 Å². The first-order valence-corrected chi connectivity index (χ1v) is 11.8. The summed E-state index contributed by atoms with van der Waals surface area (Å²) in [6.45, 7) is 0. The van der Waals surface area contributed by atoms with Crippen molar-refractivity contribution in [2.24, 2.45) is 0 Å². The molecule has 3 aromatic heterocycles. The fourth-order valence-corrected chi connectivity index (χ4v) is 4.70. The molecular weight excluding hydrogens is 495 g/mol. The molecule has 3 heterocycles. The summed E-state index contributed by atoms with van der Waals surface area (Å²) >= 11 is 0. The van der Waals surface area contributed by atoms with Crippen molar-refractivity contribution in [3.05, 3.63) is 102 Å². The second-order valence-electron chi connectivity index (χ2n) is 7.63. The van der Waals surface area contributed by atoms with Crippen molar-refractivity contribution in [3.63, 3.8) is 0 Å². The normalized spacial score (nSPS) is 11.5. The predicted molar refractivity (Wildman–Crippen MR) is 124 cm³/mol. The topological polar surface area (TPSA) is 118 Å². The van der Waals surface area contributed by atoms with E-state index in [2.05, 4.69) is 19.9 Å². The number of sulfonamides is 1. The number of pyridine rings is 1. The SMILES string of the molecule is O=C(c1c(F)ccc(NS(=O)(=O)c2cccc(F)c2)c1F)c1c[nH]c2ncc(-c3cncnc3)cc12. The number of ketones is 1. The molecule has 2 aromatic carbocycles. The fourth-order valence-electron chi connectivity index (χ4n) is 3.61. The Labute approximate surface area is 201 Å². The van der Waals surface area contributed by atoms with Gasteiger partial charge < -0.3 is 4.98 Å². The first-order valence-electron chi connectivity index (χ1n) is 10.3. The van der Waals surface area contributed by atoms with Crippen LogP contribution in [-0.4, -0.2) is 34.1 Å². The number of halogens is 3.